The molecule has 1 aromatic carbocycles. The standard InChI is InChI=1S/C17H18N4O2/c1-23-11-7-19-17(22)14-4-5-15(21-10-6-18-13-21)16(12-14)20-8-2-3-9-20/h2-6,8-10,12-13H,7,11H2,1H3,(H,19,22). The summed E-state index contributed by atoms with van der Waals surface area (Å²) < 4.78 is 8.84. The molecule has 0 aliphatic rings. The number of carbonyl (C=O) groups excluding carboxylic acids is 1. The minimum absolute atomic E-state index is 0.118. The van der Waals surface area contributed by atoms with Crippen LogP contribution in [-0.2, 0) is 4.74 Å². The Morgan fingerprint density at radius 3 is 2.70 bits per heavy atom. The highest BCUT2D eigenvalue weighted by atomic mass is 16.5. The van der Waals surface area contributed by atoms with Crippen molar-refractivity contribution in [2.75, 3.05) is 20.3 Å². The SMILES string of the molecule is COCCNC(=O)c1ccc(-n2ccnc2)c(-n2cccc2)c1. The van der Waals surface area contributed by atoms with Crippen LogP contribution >= 0.6 is 0 Å². The van der Waals surface area contributed by atoms with Crippen molar-refractivity contribution in [1.29, 1.82) is 0 Å². The Bertz CT molecular complexity index is 764. The zero-order valence-corrected chi connectivity index (χ0v) is 12.8. The molecule has 0 bridgehead atoms. The van der Waals surface area contributed by atoms with E-state index in [9.17, 15) is 4.79 Å². The first-order valence-corrected chi connectivity index (χ1v) is 7.32. The highest BCUT2D eigenvalue weighted by Gasteiger charge is 2.11. The fourth-order valence-electron chi connectivity index (χ4n) is 2.36. The number of methoxy groups -OCH3 is 1. The Hall–Kier alpha value is -2.86. The zero-order valence-electron chi connectivity index (χ0n) is 12.8. The first-order chi connectivity index (χ1) is 11.3. The largest absolute Gasteiger partial charge is 0.383 e. The molecule has 0 saturated heterocycles. The molecule has 2 heterocycles. The summed E-state index contributed by atoms with van der Waals surface area (Å²) in [6.45, 7) is 0.973. The molecule has 1 N–H and O–H groups in total. The quantitative estimate of drug-likeness (QED) is 0.709. The molecule has 0 aliphatic carbocycles. The number of rotatable bonds is 6. The van der Waals surface area contributed by atoms with Crippen LogP contribution in [0.15, 0.2) is 61.4 Å². The summed E-state index contributed by atoms with van der Waals surface area (Å²) in [4.78, 5) is 16.3. The van der Waals surface area contributed by atoms with E-state index in [2.05, 4.69) is 10.3 Å². The van der Waals surface area contributed by atoms with Crippen molar-refractivity contribution in [3.05, 3.63) is 67.0 Å². The van der Waals surface area contributed by atoms with E-state index in [1.54, 1.807) is 19.6 Å². The average molecular weight is 310 g/mol. The van der Waals surface area contributed by atoms with Crippen molar-refractivity contribution in [1.82, 2.24) is 19.4 Å². The first kappa shape index (κ1) is 15.1. The molecule has 0 unspecified atom stereocenters. The minimum atomic E-state index is -0.118. The monoisotopic (exact) mass is 310 g/mol. The Kier molecular flexibility index (Phi) is 4.54. The number of hydrogen-bond acceptors (Lipinski definition) is 3. The van der Waals surface area contributed by atoms with Crippen LogP contribution in [0.2, 0.25) is 0 Å². The van der Waals surface area contributed by atoms with Gasteiger partial charge < -0.3 is 19.2 Å². The molecule has 0 atom stereocenters. The van der Waals surface area contributed by atoms with Gasteiger partial charge in [0.2, 0.25) is 0 Å². The average Bonchev–Trinajstić information content (AvgIpc) is 3.28. The number of nitrogens with zero attached hydrogens (tertiary/aromatic N) is 3. The summed E-state index contributed by atoms with van der Waals surface area (Å²) in [6, 6.07) is 9.50. The van der Waals surface area contributed by atoms with E-state index in [0.717, 1.165) is 11.4 Å². The maximum Gasteiger partial charge on any atom is 0.251 e. The molecule has 3 rings (SSSR count). The number of nitrogens with one attached hydrogen (secondary N) is 1. The van der Waals surface area contributed by atoms with Crippen LogP contribution < -0.4 is 5.32 Å². The van der Waals surface area contributed by atoms with Crippen LogP contribution in [0.1, 0.15) is 10.4 Å². The third-order valence-corrected chi connectivity index (χ3v) is 3.49. The predicted octanol–water partition coefficient (Wildman–Crippen LogP) is 2.04. The lowest BCUT2D eigenvalue weighted by Crippen LogP contribution is -2.27. The van der Waals surface area contributed by atoms with Crippen molar-refractivity contribution in [2.45, 2.75) is 0 Å². The molecule has 118 valence electrons. The normalized spacial score (nSPS) is 10.7. The molecule has 6 heteroatoms. The summed E-state index contributed by atoms with van der Waals surface area (Å²) in [5.41, 5.74) is 2.47. The number of carbonyl (C=O) groups is 1. The van der Waals surface area contributed by atoms with Crippen molar-refractivity contribution in [3.8, 4) is 11.4 Å². The predicted molar refractivity (Wildman–Crippen MR) is 87.1 cm³/mol. The van der Waals surface area contributed by atoms with E-state index in [-0.39, 0.29) is 5.91 Å². The van der Waals surface area contributed by atoms with Gasteiger partial charge in [0.25, 0.3) is 5.91 Å². The van der Waals surface area contributed by atoms with Crippen molar-refractivity contribution >= 4 is 5.91 Å². The lowest BCUT2D eigenvalue weighted by Gasteiger charge is -2.13. The number of hydrogen-bond donors (Lipinski definition) is 1. The molecule has 2 aromatic heterocycles. The highest BCUT2D eigenvalue weighted by molar-refractivity contribution is 5.95. The molecular formula is C17H18N4O2. The van der Waals surface area contributed by atoms with Gasteiger partial charge in [0, 0.05) is 44.0 Å². The lowest BCUT2D eigenvalue weighted by molar-refractivity contribution is 0.0937. The summed E-state index contributed by atoms with van der Waals surface area (Å²) in [5.74, 6) is -0.118. The van der Waals surface area contributed by atoms with Gasteiger partial charge in [0.15, 0.2) is 0 Å². The second-order valence-electron chi connectivity index (χ2n) is 5.01. The van der Waals surface area contributed by atoms with Gasteiger partial charge in [-0.25, -0.2) is 4.98 Å². The second-order valence-corrected chi connectivity index (χ2v) is 5.01. The van der Waals surface area contributed by atoms with Gasteiger partial charge in [-0.3, -0.25) is 4.79 Å². The van der Waals surface area contributed by atoms with E-state index in [1.807, 2.05) is 58.1 Å². The first-order valence-electron chi connectivity index (χ1n) is 7.32. The van der Waals surface area contributed by atoms with E-state index in [4.69, 9.17) is 4.74 Å². The van der Waals surface area contributed by atoms with Crippen LogP contribution in [-0.4, -0.2) is 40.3 Å². The molecule has 1 amide bonds. The fraction of sp³-hybridized carbons (Fsp3) is 0.176. The van der Waals surface area contributed by atoms with Crippen LogP contribution in [0.5, 0.6) is 0 Å². The number of amides is 1. The Balaban J connectivity index is 1.96. The number of imidazole rings is 1. The summed E-state index contributed by atoms with van der Waals surface area (Å²) in [7, 11) is 1.61. The Morgan fingerprint density at radius 1 is 1.17 bits per heavy atom. The van der Waals surface area contributed by atoms with Crippen molar-refractivity contribution in [2.24, 2.45) is 0 Å². The van der Waals surface area contributed by atoms with Gasteiger partial charge in [-0.05, 0) is 30.3 Å². The number of aromatic nitrogens is 3. The Morgan fingerprint density at radius 2 is 2.00 bits per heavy atom. The molecule has 3 aromatic rings. The van der Waals surface area contributed by atoms with Crippen LogP contribution in [0, 0.1) is 0 Å². The van der Waals surface area contributed by atoms with Crippen LogP contribution in [0.3, 0.4) is 0 Å². The van der Waals surface area contributed by atoms with Gasteiger partial charge in [0.1, 0.15) is 0 Å². The van der Waals surface area contributed by atoms with Gasteiger partial charge in [-0.1, -0.05) is 0 Å². The molecular weight excluding hydrogens is 292 g/mol. The summed E-state index contributed by atoms with van der Waals surface area (Å²) in [5, 5.41) is 2.83. The number of ether oxygens (including phenoxy) is 1. The smallest absolute Gasteiger partial charge is 0.251 e. The topological polar surface area (TPSA) is 61.1 Å². The lowest BCUT2D eigenvalue weighted by atomic mass is 10.1. The summed E-state index contributed by atoms with van der Waals surface area (Å²) in [6.07, 6.45) is 9.23. The second kappa shape index (κ2) is 6.93. The third kappa shape index (κ3) is 3.32. The van der Waals surface area contributed by atoms with Crippen LogP contribution in [0.4, 0.5) is 0 Å². The minimum Gasteiger partial charge on any atom is -0.383 e. The molecule has 23 heavy (non-hydrogen) atoms. The molecule has 0 saturated carbocycles. The van der Waals surface area contributed by atoms with Crippen LogP contribution in [0.25, 0.3) is 11.4 Å². The fourth-order valence-corrected chi connectivity index (χ4v) is 2.36. The van der Waals surface area contributed by atoms with E-state index in [1.165, 1.54) is 0 Å². The molecule has 0 fully saturated rings. The maximum atomic E-state index is 12.2. The van der Waals surface area contributed by atoms with Gasteiger partial charge in [0.05, 0.1) is 24.3 Å². The van der Waals surface area contributed by atoms with E-state index >= 15 is 0 Å². The van der Waals surface area contributed by atoms with Gasteiger partial charge >= 0.3 is 0 Å². The molecule has 0 radical (unpaired) electrons. The van der Waals surface area contributed by atoms with E-state index < -0.39 is 0 Å². The Labute approximate surface area is 134 Å². The molecule has 0 aliphatic heterocycles. The molecule has 0 spiro atoms. The van der Waals surface area contributed by atoms with Crippen molar-refractivity contribution < 1.29 is 9.53 Å². The third-order valence-electron chi connectivity index (χ3n) is 3.49. The summed E-state index contributed by atoms with van der Waals surface area (Å²) >= 11 is 0. The van der Waals surface area contributed by atoms with E-state index in [0.29, 0.717) is 18.7 Å². The van der Waals surface area contributed by atoms with Crippen molar-refractivity contribution in [3.63, 3.8) is 0 Å². The highest BCUT2D eigenvalue weighted by Crippen LogP contribution is 2.21. The van der Waals surface area contributed by atoms with Gasteiger partial charge in [-0.2, -0.15) is 0 Å². The van der Waals surface area contributed by atoms with Gasteiger partial charge in [-0.15, -0.1) is 0 Å². The molecule has 6 nitrogen and oxygen atoms in total. The number of benzene rings is 1. The zero-order chi connectivity index (χ0) is 16.1. The maximum absolute atomic E-state index is 12.2.